The van der Waals surface area contributed by atoms with Gasteiger partial charge in [0.2, 0.25) is 5.91 Å². The molecule has 0 aliphatic carbocycles. The summed E-state index contributed by atoms with van der Waals surface area (Å²) in [5.74, 6) is -0.160. The summed E-state index contributed by atoms with van der Waals surface area (Å²) in [5.41, 5.74) is 1.11. The Morgan fingerprint density at radius 1 is 1.32 bits per heavy atom. The first-order valence-corrected chi connectivity index (χ1v) is 5.93. The lowest BCUT2D eigenvalue weighted by Gasteiger charge is -2.11. The standard InChI is InChI=1S/C12H18N4O3/c1-8(2)15-12(17)7-14-10-4-9(13-3)5-11(6-10)16(18)19/h4-6,8,13-14H,7H2,1-3H3,(H,15,17). The third kappa shape index (κ3) is 4.82. The second-order valence-corrected chi connectivity index (χ2v) is 4.35. The fraction of sp³-hybridized carbons (Fsp3) is 0.417. The van der Waals surface area contributed by atoms with Crippen LogP contribution in [-0.4, -0.2) is 30.5 Å². The number of nitro groups is 1. The summed E-state index contributed by atoms with van der Waals surface area (Å²) in [7, 11) is 1.67. The van der Waals surface area contributed by atoms with E-state index in [2.05, 4.69) is 16.0 Å². The van der Waals surface area contributed by atoms with Crippen LogP contribution < -0.4 is 16.0 Å². The number of hydrogen-bond donors (Lipinski definition) is 3. The van der Waals surface area contributed by atoms with Gasteiger partial charge in [0.1, 0.15) is 0 Å². The van der Waals surface area contributed by atoms with Gasteiger partial charge >= 0.3 is 0 Å². The lowest BCUT2D eigenvalue weighted by molar-refractivity contribution is -0.384. The maximum atomic E-state index is 11.5. The normalized spacial score (nSPS) is 10.1. The first kappa shape index (κ1) is 14.7. The van der Waals surface area contributed by atoms with Gasteiger partial charge in [-0.1, -0.05) is 0 Å². The van der Waals surface area contributed by atoms with Crippen molar-refractivity contribution in [3.63, 3.8) is 0 Å². The van der Waals surface area contributed by atoms with E-state index in [4.69, 9.17) is 0 Å². The van der Waals surface area contributed by atoms with Crippen molar-refractivity contribution in [2.45, 2.75) is 19.9 Å². The molecule has 19 heavy (non-hydrogen) atoms. The largest absolute Gasteiger partial charge is 0.388 e. The summed E-state index contributed by atoms with van der Waals surface area (Å²) in [6, 6.07) is 4.59. The molecule has 104 valence electrons. The van der Waals surface area contributed by atoms with Crippen LogP contribution in [0.1, 0.15) is 13.8 Å². The highest BCUT2D eigenvalue weighted by Crippen LogP contribution is 2.23. The smallest absolute Gasteiger partial charge is 0.273 e. The van der Waals surface area contributed by atoms with Crippen LogP contribution in [0.15, 0.2) is 18.2 Å². The molecule has 0 fully saturated rings. The van der Waals surface area contributed by atoms with Crippen LogP contribution in [-0.2, 0) is 4.79 Å². The maximum Gasteiger partial charge on any atom is 0.273 e. The number of anilines is 2. The predicted molar refractivity (Wildman–Crippen MR) is 74.4 cm³/mol. The third-order valence-corrected chi connectivity index (χ3v) is 2.32. The van der Waals surface area contributed by atoms with Crippen molar-refractivity contribution in [3.05, 3.63) is 28.3 Å². The van der Waals surface area contributed by atoms with Gasteiger partial charge in [-0.25, -0.2) is 0 Å². The van der Waals surface area contributed by atoms with Crippen LogP contribution >= 0.6 is 0 Å². The molecule has 0 aliphatic heterocycles. The maximum absolute atomic E-state index is 11.5. The molecule has 1 aromatic rings. The number of carbonyl (C=O) groups excluding carboxylic acids is 1. The first-order valence-electron chi connectivity index (χ1n) is 5.93. The average Bonchev–Trinajstić information content (AvgIpc) is 2.35. The van der Waals surface area contributed by atoms with E-state index in [1.165, 1.54) is 12.1 Å². The molecular formula is C12H18N4O3. The molecule has 0 heterocycles. The Labute approximate surface area is 111 Å². The number of rotatable bonds is 6. The molecule has 7 nitrogen and oxygen atoms in total. The molecule has 1 amide bonds. The van der Waals surface area contributed by atoms with Crippen LogP contribution in [0.5, 0.6) is 0 Å². The Morgan fingerprint density at radius 2 is 1.95 bits per heavy atom. The van der Waals surface area contributed by atoms with Crippen molar-refractivity contribution in [3.8, 4) is 0 Å². The van der Waals surface area contributed by atoms with Crippen molar-refractivity contribution in [2.75, 3.05) is 24.2 Å². The van der Waals surface area contributed by atoms with Crippen molar-refractivity contribution in [2.24, 2.45) is 0 Å². The molecule has 1 rings (SSSR count). The molecule has 0 atom stereocenters. The zero-order valence-corrected chi connectivity index (χ0v) is 11.2. The number of amides is 1. The van der Waals surface area contributed by atoms with E-state index in [1.54, 1.807) is 13.1 Å². The van der Waals surface area contributed by atoms with Gasteiger partial charge in [-0.15, -0.1) is 0 Å². The fourth-order valence-corrected chi connectivity index (χ4v) is 1.52. The van der Waals surface area contributed by atoms with Crippen LogP contribution in [0, 0.1) is 10.1 Å². The lowest BCUT2D eigenvalue weighted by atomic mass is 10.2. The second-order valence-electron chi connectivity index (χ2n) is 4.35. The highest BCUT2D eigenvalue weighted by molar-refractivity contribution is 5.81. The van der Waals surface area contributed by atoms with E-state index in [0.717, 1.165) is 0 Å². The van der Waals surface area contributed by atoms with Gasteiger partial charge in [0.25, 0.3) is 5.69 Å². The minimum atomic E-state index is -0.472. The first-order chi connectivity index (χ1) is 8.92. The van der Waals surface area contributed by atoms with Gasteiger partial charge in [-0.2, -0.15) is 0 Å². The minimum absolute atomic E-state index is 0.0291. The SMILES string of the molecule is CNc1cc(NCC(=O)NC(C)C)cc([N+](=O)[O-])c1. The van der Waals surface area contributed by atoms with Crippen molar-refractivity contribution < 1.29 is 9.72 Å². The molecule has 0 aliphatic rings. The second kappa shape index (κ2) is 6.58. The predicted octanol–water partition coefficient (Wildman–Crippen LogP) is 1.57. The summed E-state index contributed by atoms with van der Waals surface area (Å²) in [4.78, 5) is 21.8. The molecule has 0 unspecified atom stereocenters. The molecule has 0 saturated heterocycles. The minimum Gasteiger partial charge on any atom is -0.388 e. The number of nitro benzene ring substituents is 1. The number of benzene rings is 1. The van der Waals surface area contributed by atoms with Gasteiger partial charge in [0, 0.05) is 36.6 Å². The Hall–Kier alpha value is -2.31. The topological polar surface area (TPSA) is 96.3 Å². The lowest BCUT2D eigenvalue weighted by Crippen LogP contribution is -2.34. The number of non-ortho nitro benzene ring substituents is 1. The molecule has 7 heteroatoms. The molecule has 0 spiro atoms. The van der Waals surface area contributed by atoms with E-state index < -0.39 is 4.92 Å². The zero-order valence-electron chi connectivity index (χ0n) is 11.2. The highest BCUT2D eigenvalue weighted by atomic mass is 16.6. The van der Waals surface area contributed by atoms with Crippen molar-refractivity contribution in [1.29, 1.82) is 0 Å². The Morgan fingerprint density at radius 3 is 2.47 bits per heavy atom. The van der Waals surface area contributed by atoms with Crippen LogP contribution in [0.3, 0.4) is 0 Å². The van der Waals surface area contributed by atoms with E-state index in [0.29, 0.717) is 11.4 Å². The molecule has 3 N–H and O–H groups in total. The molecule has 0 radical (unpaired) electrons. The van der Waals surface area contributed by atoms with Gasteiger partial charge in [-0.3, -0.25) is 14.9 Å². The molecule has 0 saturated carbocycles. The van der Waals surface area contributed by atoms with E-state index in [-0.39, 0.29) is 24.2 Å². The van der Waals surface area contributed by atoms with Gasteiger partial charge in [0.05, 0.1) is 11.5 Å². The number of nitrogens with one attached hydrogen (secondary N) is 3. The number of carbonyl (C=O) groups is 1. The average molecular weight is 266 g/mol. The number of nitrogens with zero attached hydrogens (tertiary/aromatic N) is 1. The summed E-state index contributed by atoms with van der Waals surface area (Å²) < 4.78 is 0. The fourth-order valence-electron chi connectivity index (χ4n) is 1.52. The molecule has 0 bridgehead atoms. The molecule has 0 aromatic heterocycles. The Kier molecular flexibility index (Phi) is 5.11. The van der Waals surface area contributed by atoms with Gasteiger partial charge in [0.15, 0.2) is 0 Å². The van der Waals surface area contributed by atoms with Crippen molar-refractivity contribution in [1.82, 2.24) is 5.32 Å². The van der Waals surface area contributed by atoms with Crippen LogP contribution in [0.25, 0.3) is 0 Å². The third-order valence-electron chi connectivity index (χ3n) is 2.32. The summed E-state index contributed by atoms with van der Waals surface area (Å²) in [6.45, 7) is 3.80. The van der Waals surface area contributed by atoms with Gasteiger partial charge in [-0.05, 0) is 19.9 Å². The van der Waals surface area contributed by atoms with Crippen LogP contribution in [0.2, 0.25) is 0 Å². The highest BCUT2D eigenvalue weighted by Gasteiger charge is 2.10. The Bertz CT molecular complexity index is 474. The summed E-state index contributed by atoms with van der Waals surface area (Å²) in [5, 5.41) is 19.2. The van der Waals surface area contributed by atoms with E-state index >= 15 is 0 Å². The van der Waals surface area contributed by atoms with Crippen molar-refractivity contribution >= 4 is 23.0 Å². The monoisotopic (exact) mass is 266 g/mol. The zero-order chi connectivity index (χ0) is 14.4. The van der Waals surface area contributed by atoms with E-state index in [9.17, 15) is 14.9 Å². The van der Waals surface area contributed by atoms with Gasteiger partial charge < -0.3 is 16.0 Å². The summed E-state index contributed by atoms with van der Waals surface area (Å²) in [6.07, 6.45) is 0. The summed E-state index contributed by atoms with van der Waals surface area (Å²) >= 11 is 0. The quantitative estimate of drug-likeness (QED) is 0.536. The van der Waals surface area contributed by atoms with E-state index in [1.807, 2.05) is 13.8 Å². The Balaban J connectivity index is 2.75. The van der Waals surface area contributed by atoms with Crippen LogP contribution in [0.4, 0.5) is 17.1 Å². The molecule has 1 aromatic carbocycles. The number of hydrogen-bond acceptors (Lipinski definition) is 5. The molecular weight excluding hydrogens is 248 g/mol.